The second-order valence-electron chi connectivity index (χ2n) is 6.92. The van der Waals surface area contributed by atoms with Crippen molar-refractivity contribution in [2.45, 2.75) is 6.61 Å². The van der Waals surface area contributed by atoms with Crippen LogP contribution in [0.15, 0.2) is 94.5 Å². The van der Waals surface area contributed by atoms with E-state index in [1.165, 1.54) is 6.20 Å². The third kappa shape index (κ3) is 4.15. The Morgan fingerprint density at radius 2 is 1.66 bits per heavy atom. The van der Waals surface area contributed by atoms with Gasteiger partial charge >= 0.3 is 0 Å². The molecule has 5 rings (SSSR count). The molecule has 32 heavy (non-hydrogen) atoms. The number of hydrogen-bond donors (Lipinski definition) is 1. The Hall–Kier alpha value is -4.59. The van der Waals surface area contributed by atoms with Crippen molar-refractivity contribution in [3.8, 4) is 40.1 Å². The van der Waals surface area contributed by atoms with Crippen LogP contribution in [0.3, 0.4) is 0 Å². The van der Waals surface area contributed by atoms with Crippen molar-refractivity contribution in [1.82, 2.24) is 25.1 Å². The van der Waals surface area contributed by atoms with Gasteiger partial charge < -0.3 is 14.2 Å². The zero-order valence-corrected chi connectivity index (χ0v) is 16.8. The van der Waals surface area contributed by atoms with Gasteiger partial charge in [0.1, 0.15) is 29.4 Å². The molecule has 156 valence electrons. The maximum absolute atomic E-state index is 12.5. The van der Waals surface area contributed by atoms with Gasteiger partial charge in [0.25, 0.3) is 11.4 Å². The zero-order chi connectivity index (χ0) is 21.8. The standard InChI is InChI=1S/C24H17N5O3/c30-23-19(14-26-21(27-23)17-9-5-2-6-10-17)24-28-22(29-32-24)20-12-11-18(13-25-20)31-15-16-7-3-1-4-8-16/h1-14H,15H2,(H,26,27,30). The average Bonchev–Trinajstić information content (AvgIpc) is 3.34. The summed E-state index contributed by atoms with van der Waals surface area (Å²) in [6.45, 7) is 0.447. The summed E-state index contributed by atoms with van der Waals surface area (Å²) in [7, 11) is 0. The third-order valence-corrected chi connectivity index (χ3v) is 4.72. The normalized spacial score (nSPS) is 10.8. The highest BCUT2D eigenvalue weighted by atomic mass is 16.5. The molecule has 0 saturated heterocycles. The number of aromatic nitrogens is 5. The Labute approximate surface area is 182 Å². The minimum atomic E-state index is -0.369. The number of hydrogen-bond acceptors (Lipinski definition) is 7. The molecule has 0 spiro atoms. The van der Waals surface area contributed by atoms with Gasteiger partial charge in [-0.2, -0.15) is 4.98 Å². The number of H-pyrrole nitrogens is 1. The minimum absolute atomic E-state index is 0.0690. The lowest BCUT2D eigenvalue weighted by Gasteiger charge is -2.05. The molecule has 5 aromatic rings. The number of ether oxygens (including phenoxy) is 1. The Balaban J connectivity index is 1.32. The lowest BCUT2D eigenvalue weighted by molar-refractivity contribution is 0.305. The SMILES string of the molecule is O=c1[nH]c(-c2ccccc2)ncc1-c1nc(-c2ccc(OCc3ccccc3)cn2)no1. The minimum Gasteiger partial charge on any atom is -0.487 e. The summed E-state index contributed by atoms with van der Waals surface area (Å²) in [6.07, 6.45) is 3.02. The first-order valence-corrected chi connectivity index (χ1v) is 9.88. The zero-order valence-electron chi connectivity index (χ0n) is 16.8. The number of nitrogens with zero attached hydrogens (tertiary/aromatic N) is 4. The monoisotopic (exact) mass is 423 g/mol. The molecule has 0 unspecified atom stereocenters. The Morgan fingerprint density at radius 1 is 0.875 bits per heavy atom. The van der Waals surface area contributed by atoms with Gasteiger partial charge in [-0.05, 0) is 17.7 Å². The number of rotatable bonds is 6. The number of nitrogens with one attached hydrogen (secondary N) is 1. The molecule has 8 nitrogen and oxygen atoms in total. The predicted molar refractivity (Wildman–Crippen MR) is 118 cm³/mol. The van der Waals surface area contributed by atoms with E-state index in [0.29, 0.717) is 23.9 Å². The first-order chi connectivity index (χ1) is 15.8. The van der Waals surface area contributed by atoms with Gasteiger partial charge in [0.2, 0.25) is 5.82 Å². The smallest absolute Gasteiger partial charge is 0.265 e. The van der Waals surface area contributed by atoms with Crippen LogP contribution in [0, 0.1) is 0 Å². The van der Waals surface area contributed by atoms with Crippen molar-refractivity contribution in [3.05, 3.63) is 101 Å². The van der Waals surface area contributed by atoms with Crippen LogP contribution >= 0.6 is 0 Å². The van der Waals surface area contributed by atoms with Crippen molar-refractivity contribution in [2.75, 3.05) is 0 Å². The quantitative estimate of drug-likeness (QED) is 0.438. The van der Waals surface area contributed by atoms with Crippen molar-refractivity contribution < 1.29 is 9.26 Å². The van der Waals surface area contributed by atoms with Crippen LogP contribution in [-0.2, 0) is 6.61 Å². The van der Waals surface area contributed by atoms with Gasteiger partial charge in [-0.15, -0.1) is 0 Å². The second kappa shape index (κ2) is 8.65. The summed E-state index contributed by atoms with van der Waals surface area (Å²) >= 11 is 0. The van der Waals surface area contributed by atoms with Gasteiger partial charge in [-0.25, -0.2) is 9.97 Å². The second-order valence-corrected chi connectivity index (χ2v) is 6.92. The van der Waals surface area contributed by atoms with E-state index in [9.17, 15) is 4.79 Å². The maximum atomic E-state index is 12.5. The molecule has 0 amide bonds. The van der Waals surface area contributed by atoms with Gasteiger partial charge in [-0.1, -0.05) is 65.8 Å². The molecule has 0 aliphatic carbocycles. The molecule has 0 saturated carbocycles. The third-order valence-electron chi connectivity index (χ3n) is 4.72. The Morgan fingerprint density at radius 3 is 2.38 bits per heavy atom. The molecular weight excluding hydrogens is 406 g/mol. The summed E-state index contributed by atoms with van der Waals surface area (Å²) in [6, 6.07) is 22.7. The van der Waals surface area contributed by atoms with Crippen LogP contribution in [0.4, 0.5) is 0 Å². The van der Waals surface area contributed by atoms with Crippen LogP contribution in [0.5, 0.6) is 5.75 Å². The Kier molecular flexibility index (Phi) is 5.24. The first-order valence-electron chi connectivity index (χ1n) is 9.88. The maximum Gasteiger partial charge on any atom is 0.265 e. The fourth-order valence-electron chi connectivity index (χ4n) is 3.07. The van der Waals surface area contributed by atoms with Gasteiger partial charge in [-0.3, -0.25) is 4.79 Å². The molecule has 0 aliphatic heterocycles. The number of benzene rings is 2. The largest absolute Gasteiger partial charge is 0.487 e. The summed E-state index contributed by atoms with van der Waals surface area (Å²) in [4.78, 5) is 28.2. The van der Waals surface area contributed by atoms with Gasteiger partial charge in [0.05, 0.1) is 6.20 Å². The molecule has 0 radical (unpaired) electrons. The molecular formula is C24H17N5O3. The molecule has 0 fully saturated rings. The van der Waals surface area contributed by atoms with Crippen LogP contribution < -0.4 is 10.3 Å². The fraction of sp³-hybridized carbons (Fsp3) is 0.0417. The van der Waals surface area contributed by atoms with Gasteiger partial charge in [0.15, 0.2) is 0 Å². The highest BCUT2D eigenvalue weighted by Crippen LogP contribution is 2.21. The molecule has 8 heteroatoms. The van der Waals surface area contributed by atoms with Crippen molar-refractivity contribution in [1.29, 1.82) is 0 Å². The van der Waals surface area contributed by atoms with E-state index in [0.717, 1.165) is 11.1 Å². The molecule has 0 aliphatic rings. The molecule has 3 aromatic heterocycles. The van der Waals surface area contributed by atoms with Crippen LogP contribution in [-0.4, -0.2) is 25.1 Å². The fourth-order valence-corrected chi connectivity index (χ4v) is 3.07. The van der Waals surface area contributed by atoms with E-state index in [-0.39, 0.29) is 22.8 Å². The van der Waals surface area contributed by atoms with Crippen LogP contribution in [0.25, 0.3) is 34.4 Å². The topological polar surface area (TPSA) is 107 Å². The van der Waals surface area contributed by atoms with E-state index in [2.05, 4.69) is 25.1 Å². The van der Waals surface area contributed by atoms with Crippen molar-refractivity contribution in [2.24, 2.45) is 0 Å². The average molecular weight is 423 g/mol. The van der Waals surface area contributed by atoms with Crippen LogP contribution in [0.2, 0.25) is 0 Å². The molecule has 0 bridgehead atoms. The molecule has 3 heterocycles. The molecule has 1 N–H and O–H groups in total. The van der Waals surface area contributed by atoms with E-state index in [1.807, 2.05) is 60.7 Å². The van der Waals surface area contributed by atoms with Gasteiger partial charge in [0, 0.05) is 11.8 Å². The number of pyridine rings is 1. The number of aromatic amines is 1. The lowest BCUT2D eigenvalue weighted by Crippen LogP contribution is -2.11. The van der Waals surface area contributed by atoms with Crippen molar-refractivity contribution >= 4 is 0 Å². The van der Waals surface area contributed by atoms with Crippen molar-refractivity contribution in [3.63, 3.8) is 0 Å². The Bertz CT molecular complexity index is 1380. The summed E-state index contributed by atoms with van der Waals surface area (Å²) in [5.41, 5.74) is 2.19. The van der Waals surface area contributed by atoms with E-state index in [4.69, 9.17) is 9.26 Å². The highest BCUT2D eigenvalue weighted by Gasteiger charge is 2.16. The molecule has 0 atom stereocenters. The first kappa shape index (κ1) is 19.4. The lowest BCUT2D eigenvalue weighted by atomic mass is 10.2. The van der Waals surface area contributed by atoms with E-state index in [1.54, 1.807) is 18.3 Å². The van der Waals surface area contributed by atoms with Crippen LogP contribution in [0.1, 0.15) is 5.56 Å². The van der Waals surface area contributed by atoms with E-state index < -0.39 is 0 Å². The molecule has 2 aromatic carbocycles. The highest BCUT2D eigenvalue weighted by molar-refractivity contribution is 5.59. The summed E-state index contributed by atoms with van der Waals surface area (Å²) in [5, 5.41) is 3.94. The van der Waals surface area contributed by atoms with E-state index >= 15 is 0 Å². The summed E-state index contributed by atoms with van der Waals surface area (Å²) in [5.74, 6) is 1.42. The summed E-state index contributed by atoms with van der Waals surface area (Å²) < 4.78 is 11.0. The predicted octanol–water partition coefficient (Wildman–Crippen LogP) is 4.13.